The van der Waals surface area contributed by atoms with Gasteiger partial charge in [-0.15, -0.1) is 0 Å². The van der Waals surface area contributed by atoms with Crippen LogP contribution in [0.4, 0.5) is 0 Å². The van der Waals surface area contributed by atoms with Gasteiger partial charge >= 0.3 is 0 Å². The highest BCUT2D eigenvalue weighted by Crippen LogP contribution is 2.19. The fourth-order valence-electron chi connectivity index (χ4n) is 1.85. The van der Waals surface area contributed by atoms with Gasteiger partial charge in [0.25, 0.3) is 11.8 Å². The first kappa shape index (κ1) is 16.8. The molecule has 22 heavy (non-hydrogen) atoms. The Kier molecular flexibility index (Phi) is 5.41. The Morgan fingerprint density at radius 1 is 1.27 bits per heavy atom. The molecule has 0 spiro atoms. The molecule has 0 radical (unpaired) electrons. The number of nitrogens with one attached hydrogen (secondary N) is 2. The lowest BCUT2D eigenvalue weighted by Gasteiger charge is -2.09. The number of carbonyl (C=O) groups is 2. The average molecular weight is 433 g/mol. The molecule has 0 bridgehead atoms. The van der Waals surface area contributed by atoms with Gasteiger partial charge in [0.05, 0.1) is 10.7 Å². The maximum Gasteiger partial charge on any atom is 0.269 e. The average Bonchev–Trinajstić information content (AvgIpc) is 2.77. The van der Waals surface area contributed by atoms with Gasteiger partial charge in [0.15, 0.2) is 0 Å². The molecule has 1 heterocycles. The van der Waals surface area contributed by atoms with Gasteiger partial charge in [-0.25, -0.2) is 0 Å². The van der Waals surface area contributed by atoms with Crippen molar-refractivity contribution in [1.29, 1.82) is 0 Å². The van der Waals surface area contributed by atoms with Gasteiger partial charge in [0.1, 0.15) is 6.54 Å². The van der Waals surface area contributed by atoms with Gasteiger partial charge in [0, 0.05) is 14.8 Å². The normalized spacial score (nSPS) is 10.4. The number of amides is 2. The molecule has 0 saturated carbocycles. The number of hydrogen-bond acceptors (Lipinski definition) is 3. The molecule has 0 saturated heterocycles. The summed E-state index contributed by atoms with van der Waals surface area (Å²) < 4.78 is 2.34. The van der Waals surface area contributed by atoms with E-state index in [0.717, 1.165) is 15.0 Å². The zero-order valence-electron chi connectivity index (χ0n) is 12.0. The van der Waals surface area contributed by atoms with Gasteiger partial charge < -0.3 is 0 Å². The summed E-state index contributed by atoms with van der Waals surface area (Å²) in [7, 11) is 0. The van der Waals surface area contributed by atoms with E-state index in [1.807, 2.05) is 42.5 Å². The zero-order valence-corrected chi connectivity index (χ0v) is 14.9. The molecule has 2 amide bonds. The maximum atomic E-state index is 11.9. The van der Waals surface area contributed by atoms with Gasteiger partial charge in [-0.3, -0.25) is 25.1 Å². The third kappa shape index (κ3) is 4.20. The summed E-state index contributed by atoms with van der Waals surface area (Å²) in [6.07, 6.45) is 0. The van der Waals surface area contributed by atoms with Crippen molar-refractivity contribution in [2.24, 2.45) is 0 Å². The minimum Gasteiger partial charge on any atom is -0.271 e. The molecule has 0 atom stereocenters. The van der Waals surface area contributed by atoms with E-state index >= 15 is 0 Å². The molecule has 0 fully saturated rings. The van der Waals surface area contributed by atoms with Crippen LogP contribution in [0.25, 0.3) is 0 Å². The van der Waals surface area contributed by atoms with Crippen LogP contribution in [0, 0.1) is 17.4 Å². The van der Waals surface area contributed by atoms with Crippen molar-refractivity contribution >= 4 is 46.0 Å². The number of benzene rings is 1. The third-order valence-electron chi connectivity index (χ3n) is 2.89. The predicted molar refractivity (Wildman–Crippen MR) is 91.5 cm³/mol. The van der Waals surface area contributed by atoms with Crippen molar-refractivity contribution < 1.29 is 9.59 Å². The quantitative estimate of drug-likeness (QED) is 0.577. The number of hydrazine groups is 1. The van der Waals surface area contributed by atoms with Crippen molar-refractivity contribution in [1.82, 2.24) is 20.6 Å². The smallest absolute Gasteiger partial charge is 0.269 e. The summed E-state index contributed by atoms with van der Waals surface area (Å²) in [6.45, 7) is 3.75. The second-order valence-electron chi connectivity index (χ2n) is 4.72. The van der Waals surface area contributed by atoms with E-state index in [4.69, 9.17) is 11.6 Å². The van der Waals surface area contributed by atoms with Crippen molar-refractivity contribution in [3.8, 4) is 0 Å². The largest absolute Gasteiger partial charge is 0.271 e. The van der Waals surface area contributed by atoms with Crippen LogP contribution in [0.2, 0.25) is 5.02 Å². The van der Waals surface area contributed by atoms with Gasteiger partial charge in [0.2, 0.25) is 0 Å². The predicted octanol–water partition coefficient (Wildman–Crippen LogP) is 2.22. The zero-order chi connectivity index (χ0) is 16.3. The summed E-state index contributed by atoms with van der Waals surface area (Å²) in [5, 5.41) is 4.76. The number of hydrogen-bond donors (Lipinski definition) is 2. The lowest BCUT2D eigenvalue weighted by Crippen LogP contribution is -2.43. The Morgan fingerprint density at radius 2 is 2.00 bits per heavy atom. The number of halogens is 2. The van der Waals surface area contributed by atoms with E-state index in [0.29, 0.717) is 10.6 Å². The number of nitrogens with zero attached hydrogens (tertiary/aromatic N) is 2. The first-order valence-corrected chi connectivity index (χ1v) is 7.88. The van der Waals surface area contributed by atoms with Gasteiger partial charge in [-0.05, 0) is 60.7 Å². The Morgan fingerprint density at radius 3 is 2.59 bits per heavy atom. The summed E-state index contributed by atoms with van der Waals surface area (Å²) >= 11 is 7.94. The van der Waals surface area contributed by atoms with E-state index in [1.54, 1.807) is 22.9 Å². The minimum absolute atomic E-state index is 0.0398. The first-order valence-electron chi connectivity index (χ1n) is 6.42. The van der Waals surface area contributed by atoms with E-state index in [-0.39, 0.29) is 12.5 Å². The van der Waals surface area contributed by atoms with Crippen LogP contribution in [0.15, 0.2) is 24.3 Å². The molecule has 116 valence electrons. The van der Waals surface area contributed by atoms with E-state index in [9.17, 15) is 9.59 Å². The Hall–Kier alpha value is -1.61. The maximum absolute atomic E-state index is 11.9. The van der Waals surface area contributed by atoms with E-state index in [1.165, 1.54) is 0 Å². The number of carbonyl (C=O) groups excluding carboxylic acids is 2. The number of aryl methyl sites for hydroxylation is 2. The molecule has 2 rings (SSSR count). The molecule has 1 aromatic carbocycles. The monoisotopic (exact) mass is 432 g/mol. The molecule has 2 N–H and O–H groups in total. The standard InChI is InChI=1S/C14H14ClIN4O2/c1-8-5-9(2)20(19-8)7-13(21)17-18-14(22)10-3-4-11(15)12(16)6-10/h3-6H,7H2,1-2H3,(H,17,21)(H,18,22). The summed E-state index contributed by atoms with van der Waals surface area (Å²) in [4.78, 5) is 23.8. The molecule has 0 aliphatic carbocycles. The van der Waals surface area contributed by atoms with Crippen molar-refractivity contribution in [3.63, 3.8) is 0 Å². The molecule has 1 aromatic heterocycles. The molecular weight excluding hydrogens is 419 g/mol. The van der Waals surface area contributed by atoms with Crippen molar-refractivity contribution in [2.75, 3.05) is 0 Å². The SMILES string of the molecule is Cc1cc(C)n(CC(=O)NNC(=O)c2ccc(Cl)c(I)c2)n1. The highest BCUT2D eigenvalue weighted by atomic mass is 127. The number of aromatic nitrogens is 2. The lowest BCUT2D eigenvalue weighted by molar-refractivity contribution is -0.122. The molecule has 0 unspecified atom stereocenters. The summed E-state index contributed by atoms with van der Waals surface area (Å²) in [5.41, 5.74) is 6.87. The molecular formula is C14H14ClIN4O2. The molecule has 2 aromatic rings. The van der Waals surface area contributed by atoms with Crippen molar-refractivity contribution in [3.05, 3.63) is 49.8 Å². The Labute approximate surface area is 146 Å². The van der Waals surface area contributed by atoms with Crippen LogP contribution < -0.4 is 10.9 Å². The Bertz CT molecular complexity index is 730. The third-order valence-corrected chi connectivity index (χ3v) is 4.43. The second kappa shape index (κ2) is 7.10. The van der Waals surface area contributed by atoms with Crippen LogP contribution in [0.5, 0.6) is 0 Å². The summed E-state index contributed by atoms with van der Waals surface area (Å²) in [6, 6.07) is 6.75. The lowest BCUT2D eigenvalue weighted by atomic mass is 10.2. The topological polar surface area (TPSA) is 76.0 Å². The summed E-state index contributed by atoms with van der Waals surface area (Å²) in [5.74, 6) is -0.764. The number of rotatable bonds is 3. The van der Waals surface area contributed by atoms with Crippen LogP contribution in [-0.4, -0.2) is 21.6 Å². The Balaban J connectivity index is 1.91. The van der Waals surface area contributed by atoms with Gasteiger partial charge in [-0.2, -0.15) is 5.10 Å². The van der Waals surface area contributed by atoms with E-state index < -0.39 is 5.91 Å². The first-order chi connectivity index (χ1) is 10.4. The van der Waals surface area contributed by atoms with Crippen LogP contribution in [-0.2, 0) is 11.3 Å². The fraction of sp³-hybridized carbons (Fsp3) is 0.214. The molecule has 8 heteroatoms. The van der Waals surface area contributed by atoms with Gasteiger partial charge in [-0.1, -0.05) is 11.6 Å². The van der Waals surface area contributed by atoms with Crippen LogP contribution in [0.3, 0.4) is 0 Å². The highest BCUT2D eigenvalue weighted by molar-refractivity contribution is 14.1. The molecule has 0 aliphatic heterocycles. The second-order valence-corrected chi connectivity index (χ2v) is 6.29. The molecule has 6 nitrogen and oxygen atoms in total. The van der Waals surface area contributed by atoms with Crippen molar-refractivity contribution in [2.45, 2.75) is 20.4 Å². The van der Waals surface area contributed by atoms with E-state index in [2.05, 4.69) is 16.0 Å². The molecule has 0 aliphatic rings. The van der Waals surface area contributed by atoms with Crippen LogP contribution >= 0.6 is 34.2 Å². The van der Waals surface area contributed by atoms with Crippen LogP contribution in [0.1, 0.15) is 21.7 Å². The highest BCUT2D eigenvalue weighted by Gasteiger charge is 2.10. The minimum atomic E-state index is -0.406. The fourth-order valence-corrected chi connectivity index (χ4v) is 2.48.